The van der Waals surface area contributed by atoms with Gasteiger partial charge < -0.3 is 19.1 Å². The fourth-order valence-electron chi connectivity index (χ4n) is 2.93. The van der Waals surface area contributed by atoms with Crippen molar-refractivity contribution in [3.8, 4) is 0 Å². The predicted octanol–water partition coefficient (Wildman–Crippen LogP) is 3.73. The Hall–Kier alpha value is -3.54. The normalized spacial score (nSPS) is 13.2. The minimum absolute atomic E-state index is 0.183. The molecular formula is C20H16N2O4. The van der Waals surface area contributed by atoms with E-state index in [0.29, 0.717) is 18.0 Å². The van der Waals surface area contributed by atoms with Crippen molar-refractivity contribution in [1.29, 1.82) is 0 Å². The Balaban J connectivity index is 1.50. The van der Waals surface area contributed by atoms with E-state index >= 15 is 0 Å². The summed E-state index contributed by atoms with van der Waals surface area (Å²) in [5.41, 5.74) is 3.30. The van der Waals surface area contributed by atoms with E-state index in [0.717, 1.165) is 23.2 Å². The molecule has 6 nitrogen and oxygen atoms in total. The van der Waals surface area contributed by atoms with Crippen molar-refractivity contribution in [2.24, 2.45) is 0 Å². The van der Waals surface area contributed by atoms with Gasteiger partial charge in [-0.05, 0) is 48.4 Å². The molecule has 0 aliphatic carbocycles. The van der Waals surface area contributed by atoms with Crippen LogP contribution in [0.5, 0.6) is 0 Å². The third kappa shape index (κ3) is 3.17. The SMILES string of the molecule is O=C(C=Cc1ccoc1)Nc1ccc2c(c1)N(C(=O)c1ccco1)CC2. The molecule has 1 N–H and O–H groups in total. The van der Waals surface area contributed by atoms with E-state index in [1.165, 1.54) is 12.3 Å². The van der Waals surface area contributed by atoms with Gasteiger partial charge in [-0.25, -0.2) is 0 Å². The Labute approximate surface area is 149 Å². The smallest absolute Gasteiger partial charge is 0.293 e. The lowest BCUT2D eigenvalue weighted by Crippen LogP contribution is -2.28. The van der Waals surface area contributed by atoms with E-state index in [9.17, 15) is 9.59 Å². The van der Waals surface area contributed by atoms with Crippen molar-refractivity contribution < 1.29 is 18.4 Å². The maximum absolute atomic E-state index is 12.6. The highest BCUT2D eigenvalue weighted by molar-refractivity contribution is 6.06. The van der Waals surface area contributed by atoms with Crippen molar-refractivity contribution in [1.82, 2.24) is 0 Å². The van der Waals surface area contributed by atoms with E-state index in [2.05, 4.69) is 5.32 Å². The summed E-state index contributed by atoms with van der Waals surface area (Å²) < 4.78 is 10.2. The van der Waals surface area contributed by atoms with Crippen LogP contribution in [-0.2, 0) is 11.2 Å². The van der Waals surface area contributed by atoms with Gasteiger partial charge in [-0.15, -0.1) is 0 Å². The van der Waals surface area contributed by atoms with Gasteiger partial charge in [0, 0.05) is 29.6 Å². The second-order valence-electron chi connectivity index (χ2n) is 5.91. The molecule has 130 valence electrons. The first-order valence-corrected chi connectivity index (χ1v) is 8.20. The lowest BCUT2D eigenvalue weighted by atomic mass is 10.1. The Morgan fingerprint density at radius 1 is 1.15 bits per heavy atom. The Morgan fingerprint density at radius 2 is 2.08 bits per heavy atom. The van der Waals surface area contributed by atoms with E-state index in [1.807, 2.05) is 18.2 Å². The molecule has 0 unspecified atom stereocenters. The van der Waals surface area contributed by atoms with E-state index in [-0.39, 0.29) is 11.8 Å². The van der Waals surface area contributed by atoms with Gasteiger partial charge in [0.05, 0.1) is 18.8 Å². The summed E-state index contributed by atoms with van der Waals surface area (Å²) in [5.74, 6) is -0.138. The number of nitrogens with zero attached hydrogens (tertiary/aromatic N) is 1. The maximum Gasteiger partial charge on any atom is 0.293 e. The molecule has 0 saturated carbocycles. The molecule has 0 saturated heterocycles. The third-order valence-corrected chi connectivity index (χ3v) is 4.20. The molecule has 2 aromatic heterocycles. The largest absolute Gasteiger partial charge is 0.472 e. The minimum atomic E-state index is -0.256. The highest BCUT2D eigenvalue weighted by Crippen LogP contribution is 2.32. The highest BCUT2D eigenvalue weighted by Gasteiger charge is 2.27. The van der Waals surface area contributed by atoms with Gasteiger partial charge in [0.25, 0.3) is 5.91 Å². The average molecular weight is 348 g/mol. The number of benzene rings is 1. The maximum atomic E-state index is 12.6. The molecule has 0 bridgehead atoms. The van der Waals surface area contributed by atoms with Crippen LogP contribution in [0.4, 0.5) is 11.4 Å². The molecule has 1 aromatic carbocycles. The van der Waals surface area contributed by atoms with Crippen molar-refractivity contribution >= 4 is 29.3 Å². The highest BCUT2D eigenvalue weighted by atomic mass is 16.3. The number of carbonyl (C=O) groups is 2. The minimum Gasteiger partial charge on any atom is -0.472 e. The molecule has 4 rings (SSSR count). The second kappa shape index (κ2) is 6.76. The van der Waals surface area contributed by atoms with E-state index < -0.39 is 0 Å². The van der Waals surface area contributed by atoms with Crippen LogP contribution in [0, 0.1) is 0 Å². The molecule has 0 spiro atoms. The summed E-state index contributed by atoms with van der Waals surface area (Å²) in [6.45, 7) is 0.590. The molecule has 1 aliphatic heterocycles. The molecule has 6 heteroatoms. The average Bonchev–Trinajstić information content (AvgIpc) is 3.40. The quantitative estimate of drug-likeness (QED) is 0.729. The second-order valence-corrected chi connectivity index (χ2v) is 5.91. The van der Waals surface area contributed by atoms with E-state index in [1.54, 1.807) is 41.7 Å². The summed E-state index contributed by atoms with van der Waals surface area (Å²) in [6.07, 6.45) is 8.45. The van der Waals surface area contributed by atoms with Crippen LogP contribution in [0.2, 0.25) is 0 Å². The Bertz CT molecular complexity index is 956. The fraction of sp³-hybridized carbons (Fsp3) is 0.100. The zero-order chi connectivity index (χ0) is 17.9. The molecule has 2 amide bonds. The number of furan rings is 2. The zero-order valence-electron chi connectivity index (χ0n) is 13.8. The summed E-state index contributed by atoms with van der Waals surface area (Å²) in [5, 5.41) is 2.81. The summed E-state index contributed by atoms with van der Waals surface area (Å²) in [7, 11) is 0. The van der Waals surface area contributed by atoms with Gasteiger partial charge in [-0.1, -0.05) is 6.07 Å². The summed E-state index contributed by atoms with van der Waals surface area (Å²) in [4.78, 5) is 26.3. The first-order chi connectivity index (χ1) is 12.7. The Kier molecular flexibility index (Phi) is 4.15. The number of rotatable bonds is 4. The van der Waals surface area contributed by atoms with Gasteiger partial charge in [0.2, 0.25) is 5.91 Å². The fourth-order valence-corrected chi connectivity index (χ4v) is 2.93. The molecule has 0 radical (unpaired) electrons. The molecular weight excluding hydrogens is 332 g/mol. The summed E-state index contributed by atoms with van der Waals surface area (Å²) in [6, 6.07) is 10.7. The number of hydrogen-bond donors (Lipinski definition) is 1. The molecule has 0 atom stereocenters. The molecule has 26 heavy (non-hydrogen) atoms. The molecule has 0 fully saturated rings. The monoisotopic (exact) mass is 348 g/mol. The number of carbonyl (C=O) groups excluding carboxylic acids is 2. The molecule has 3 heterocycles. The molecule has 3 aromatic rings. The van der Waals surface area contributed by atoms with Crippen LogP contribution >= 0.6 is 0 Å². The predicted molar refractivity (Wildman–Crippen MR) is 96.9 cm³/mol. The van der Waals surface area contributed by atoms with Crippen LogP contribution in [0.1, 0.15) is 21.7 Å². The van der Waals surface area contributed by atoms with Gasteiger partial charge in [0.15, 0.2) is 5.76 Å². The van der Waals surface area contributed by atoms with Gasteiger partial charge in [-0.2, -0.15) is 0 Å². The van der Waals surface area contributed by atoms with Crippen LogP contribution in [0.15, 0.2) is 70.1 Å². The van der Waals surface area contributed by atoms with Crippen LogP contribution < -0.4 is 10.2 Å². The number of fused-ring (bicyclic) bond motifs is 1. The topological polar surface area (TPSA) is 75.7 Å². The number of nitrogens with one attached hydrogen (secondary N) is 1. The lowest BCUT2D eigenvalue weighted by Gasteiger charge is -2.16. The van der Waals surface area contributed by atoms with Gasteiger partial charge in [0.1, 0.15) is 0 Å². The molecule has 1 aliphatic rings. The van der Waals surface area contributed by atoms with Crippen LogP contribution in [0.25, 0.3) is 6.08 Å². The van der Waals surface area contributed by atoms with Crippen LogP contribution in [-0.4, -0.2) is 18.4 Å². The van der Waals surface area contributed by atoms with Gasteiger partial charge in [-0.3, -0.25) is 9.59 Å². The number of amides is 2. The standard InChI is InChI=1S/C20H16N2O4/c23-19(6-3-14-8-11-25-13-14)21-16-5-4-15-7-9-22(17(15)12-16)20(24)18-2-1-10-26-18/h1-6,8,10-13H,7,9H2,(H,21,23). The first kappa shape index (κ1) is 16.0. The number of hydrogen-bond acceptors (Lipinski definition) is 4. The lowest BCUT2D eigenvalue weighted by molar-refractivity contribution is -0.111. The first-order valence-electron chi connectivity index (χ1n) is 8.20. The van der Waals surface area contributed by atoms with Crippen LogP contribution in [0.3, 0.4) is 0 Å². The number of anilines is 2. The Morgan fingerprint density at radius 3 is 2.85 bits per heavy atom. The van der Waals surface area contributed by atoms with Crippen molar-refractivity contribution in [3.63, 3.8) is 0 Å². The van der Waals surface area contributed by atoms with Crippen molar-refractivity contribution in [2.45, 2.75) is 6.42 Å². The summed E-state index contributed by atoms with van der Waals surface area (Å²) >= 11 is 0. The zero-order valence-corrected chi connectivity index (χ0v) is 13.8. The van der Waals surface area contributed by atoms with Gasteiger partial charge >= 0.3 is 0 Å². The van der Waals surface area contributed by atoms with Crippen molar-refractivity contribution in [2.75, 3.05) is 16.8 Å². The van der Waals surface area contributed by atoms with E-state index in [4.69, 9.17) is 8.83 Å². The third-order valence-electron chi connectivity index (χ3n) is 4.20. The van der Waals surface area contributed by atoms with Crippen molar-refractivity contribution in [3.05, 3.63) is 78.2 Å².